The molecule has 3 rings (SSSR count). The van der Waals surface area contributed by atoms with E-state index in [-0.39, 0.29) is 17.0 Å². The molecule has 0 spiro atoms. The minimum absolute atomic E-state index is 0.0172. The average Bonchev–Trinajstić information content (AvgIpc) is 2.76. The average molecular weight is 457 g/mol. The van der Waals surface area contributed by atoms with E-state index >= 15 is 0 Å². The SMILES string of the molecule is COc1ccc(S(=O)(=O)NC(Cc2ccccc2)C(=O)Nc2cc(F)ccc2C)cc1C. The summed E-state index contributed by atoms with van der Waals surface area (Å²) in [5, 5.41) is 2.65. The van der Waals surface area contributed by atoms with Gasteiger partial charge >= 0.3 is 0 Å². The Kier molecular flexibility index (Phi) is 7.27. The second kappa shape index (κ2) is 9.93. The Balaban J connectivity index is 1.90. The predicted octanol–water partition coefficient (Wildman–Crippen LogP) is 3.98. The zero-order valence-corrected chi connectivity index (χ0v) is 18.9. The Bertz CT molecular complexity index is 1210. The standard InChI is InChI=1S/C24H25FN2O4S/c1-16-9-10-19(25)15-21(16)26-24(28)22(14-18-7-5-4-6-8-18)27-32(29,30)20-11-12-23(31-3)17(2)13-20/h4-13,15,22,27H,14H2,1-3H3,(H,26,28). The molecule has 8 heteroatoms. The van der Waals surface area contributed by atoms with Crippen molar-refractivity contribution in [2.24, 2.45) is 0 Å². The van der Waals surface area contributed by atoms with Crippen LogP contribution in [0.2, 0.25) is 0 Å². The van der Waals surface area contributed by atoms with Crippen molar-refractivity contribution in [2.75, 3.05) is 12.4 Å². The number of hydrogen-bond donors (Lipinski definition) is 2. The Hall–Kier alpha value is -3.23. The van der Waals surface area contributed by atoms with Crippen LogP contribution in [0.1, 0.15) is 16.7 Å². The fraction of sp³-hybridized carbons (Fsp3) is 0.208. The molecule has 2 N–H and O–H groups in total. The van der Waals surface area contributed by atoms with Crippen LogP contribution in [0.4, 0.5) is 10.1 Å². The molecule has 0 saturated carbocycles. The molecule has 3 aromatic carbocycles. The maximum atomic E-state index is 13.7. The number of halogens is 1. The van der Waals surface area contributed by atoms with Crippen molar-refractivity contribution in [1.82, 2.24) is 4.72 Å². The lowest BCUT2D eigenvalue weighted by Gasteiger charge is -2.20. The quantitative estimate of drug-likeness (QED) is 0.537. The van der Waals surface area contributed by atoms with E-state index in [1.807, 2.05) is 18.2 Å². The zero-order valence-electron chi connectivity index (χ0n) is 18.1. The summed E-state index contributed by atoms with van der Waals surface area (Å²) in [5.41, 5.74) is 2.37. The summed E-state index contributed by atoms with van der Waals surface area (Å²) in [5.74, 6) is -0.528. The van der Waals surface area contributed by atoms with Crippen LogP contribution >= 0.6 is 0 Å². The molecule has 168 valence electrons. The molecule has 0 heterocycles. The van der Waals surface area contributed by atoms with E-state index in [4.69, 9.17) is 4.74 Å². The van der Waals surface area contributed by atoms with Gasteiger partial charge in [-0.25, -0.2) is 12.8 Å². The van der Waals surface area contributed by atoms with Gasteiger partial charge in [0.05, 0.1) is 12.0 Å². The van der Waals surface area contributed by atoms with Gasteiger partial charge in [-0.05, 0) is 67.3 Å². The summed E-state index contributed by atoms with van der Waals surface area (Å²) in [6.07, 6.45) is 0.120. The summed E-state index contributed by atoms with van der Waals surface area (Å²) in [4.78, 5) is 13.1. The summed E-state index contributed by atoms with van der Waals surface area (Å²) in [7, 11) is -2.52. The number of aryl methyl sites for hydroxylation is 2. The lowest BCUT2D eigenvalue weighted by atomic mass is 10.1. The lowest BCUT2D eigenvalue weighted by molar-refractivity contribution is -0.117. The summed E-state index contributed by atoms with van der Waals surface area (Å²) >= 11 is 0. The van der Waals surface area contributed by atoms with Gasteiger partial charge < -0.3 is 10.1 Å². The van der Waals surface area contributed by atoms with Crippen molar-refractivity contribution in [2.45, 2.75) is 31.2 Å². The van der Waals surface area contributed by atoms with Crippen LogP contribution in [0.3, 0.4) is 0 Å². The van der Waals surface area contributed by atoms with Gasteiger partial charge in [0.1, 0.15) is 17.6 Å². The van der Waals surface area contributed by atoms with Gasteiger partial charge in [0.2, 0.25) is 15.9 Å². The first-order valence-corrected chi connectivity index (χ1v) is 11.5. The number of hydrogen-bond acceptors (Lipinski definition) is 4. The smallest absolute Gasteiger partial charge is 0.242 e. The van der Waals surface area contributed by atoms with Crippen molar-refractivity contribution in [3.05, 3.63) is 89.2 Å². The van der Waals surface area contributed by atoms with Crippen molar-refractivity contribution in [3.8, 4) is 5.75 Å². The van der Waals surface area contributed by atoms with Crippen LogP contribution in [-0.2, 0) is 21.2 Å². The molecule has 32 heavy (non-hydrogen) atoms. The topological polar surface area (TPSA) is 84.5 Å². The van der Waals surface area contributed by atoms with Crippen LogP contribution in [0.5, 0.6) is 5.75 Å². The second-order valence-electron chi connectivity index (χ2n) is 7.44. The number of carbonyl (C=O) groups excluding carboxylic acids is 1. The molecule has 1 unspecified atom stereocenters. The van der Waals surface area contributed by atoms with E-state index in [0.29, 0.717) is 16.9 Å². The van der Waals surface area contributed by atoms with Crippen LogP contribution < -0.4 is 14.8 Å². The van der Waals surface area contributed by atoms with Crippen LogP contribution in [0.25, 0.3) is 0 Å². The van der Waals surface area contributed by atoms with E-state index in [1.54, 1.807) is 38.1 Å². The summed E-state index contributed by atoms with van der Waals surface area (Å²) in [6.45, 7) is 3.46. The Morgan fingerprint density at radius 1 is 1.00 bits per heavy atom. The molecule has 1 atom stereocenters. The molecule has 0 aromatic heterocycles. The molecule has 0 saturated heterocycles. The number of anilines is 1. The highest BCUT2D eigenvalue weighted by Gasteiger charge is 2.27. The fourth-order valence-corrected chi connectivity index (χ4v) is 4.54. The first-order valence-electron chi connectivity index (χ1n) is 9.97. The lowest BCUT2D eigenvalue weighted by Crippen LogP contribution is -2.45. The third-order valence-corrected chi connectivity index (χ3v) is 6.50. The molecule has 1 amide bonds. The maximum absolute atomic E-state index is 13.7. The van der Waals surface area contributed by atoms with Crippen LogP contribution in [0.15, 0.2) is 71.6 Å². The predicted molar refractivity (Wildman–Crippen MR) is 122 cm³/mol. The Morgan fingerprint density at radius 3 is 2.38 bits per heavy atom. The van der Waals surface area contributed by atoms with Gasteiger partial charge in [-0.2, -0.15) is 4.72 Å². The van der Waals surface area contributed by atoms with E-state index in [2.05, 4.69) is 10.0 Å². The third kappa shape index (κ3) is 5.72. The number of benzene rings is 3. The molecular formula is C24H25FN2O4S. The minimum atomic E-state index is -4.02. The number of amides is 1. The minimum Gasteiger partial charge on any atom is -0.496 e. The van der Waals surface area contributed by atoms with Crippen molar-refractivity contribution in [1.29, 1.82) is 0 Å². The van der Waals surface area contributed by atoms with Gasteiger partial charge in [0.25, 0.3) is 0 Å². The molecule has 0 aliphatic heterocycles. The highest BCUT2D eigenvalue weighted by molar-refractivity contribution is 7.89. The maximum Gasteiger partial charge on any atom is 0.242 e. The van der Waals surface area contributed by atoms with Crippen molar-refractivity contribution in [3.63, 3.8) is 0 Å². The molecule has 0 bridgehead atoms. The van der Waals surface area contributed by atoms with Crippen molar-refractivity contribution >= 4 is 21.6 Å². The summed E-state index contributed by atoms with van der Waals surface area (Å²) in [6, 6.07) is 16.4. The number of sulfonamides is 1. The van der Waals surface area contributed by atoms with Gasteiger partial charge in [-0.15, -0.1) is 0 Å². The molecule has 3 aromatic rings. The fourth-order valence-electron chi connectivity index (χ4n) is 3.26. The summed E-state index contributed by atoms with van der Waals surface area (Å²) < 4.78 is 47.5. The Labute approximate surface area is 187 Å². The van der Waals surface area contributed by atoms with E-state index < -0.39 is 27.8 Å². The number of rotatable bonds is 8. The largest absolute Gasteiger partial charge is 0.496 e. The van der Waals surface area contributed by atoms with Crippen LogP contribution in [-0.4, -0.2) is 27.5 Å². The Morgan fingerprint density at radius 2 is 1.72 bits per heavy atom. The first kappa shape index (κ1) is 23.4. The first-order chi connectivity index (χ1) is 15.2. The van der Waals surface area contributed by atoms with Crippen molar-refractivity contribution < 1.29 is 22.3 Å². The van der Waals surface area contributed by atoms with Crippen LogP contribution in [0, 0.1) is 19.7 Å². The molecule has 0 aliphatic rings. The van der Waals surface area contributed by atoms with Gasteiger partial charge in [-0.3, -0.25) is 4.79 Å². The third-order valence-electron chi connectivity index (χ3n) is 5.03. The van der Waals surface area contributed by atoms with Gasteiger partial charge in [0, 0.05) is 5.69 Å². The number of ether oxygens (including phenoxy) is 1. The van der Waals surface area contributed by atoms with E-state index in [9.17, 15) is 17.6 Å². The molecule has 0 fully saturated rings. The number of methoxy groups -OCH3 is 1. The van der Waals surface area contributed by atoms with Gasteiger partial charge in [-0.1, -0.05) is 36.4 Å². The molecule has 0 radical (unpaired) electrons. The molecular weight excluding hydrogens is 431 g/mol. The second-order valence-corrected chi connectivity index (χ2v) is 9.16. The monoisotopic (exact) mass is 456 g/mol. The molecule has 6 nitrogen and oxygen atoms in total. The normalized spacial score (nSPS) is 12.2. The zero-order chi connectivity index (χ0) is 23.3. The highest BCUT2D eigenvalue weighted by atomic mass is 32.2. The van der Waals surface area contributed by atoms with Gasteiger partial charge in [0.15, 0.2) is 0 Å². The number of carbonyl (C=O) groups is 1. The number of nitrogens with one attached hydrogen (secondary N) is 2. The molecule has 0 aliphatic carbocycles. The van der Waals surface area contributed by atoms with E-state index in [0.717, 1.165) is 5.56 Å². The highest BCUT2D eigenvalue weighted by Crippen LogP contribution is 2.22. The van der Waals surface area contributed by atoms with E-state index in [1.165, 1.54) is 31.4 Å².